The molecule has 9 aromatic rings. The molecule has 0 bridgehead atoms. The number of halogens is 3. The van der Waals surface area contributed by atoms with E-state index in [1.165, 1.54) is 47.7 Å². The van der Waals surface area contributed by atoms with Crippen LogP contribution in [0.15, 0.2) is 273 Å². The Morgan fingerprint density at radius 3 is 0.349 bits per heavy atom. The van der Waals surface area contributed by atoms with Crippen LogP contribution in [0.25, 0.3) is 0 Å². The normalized spacial score (nSPS) is 12.2. The third-order valence-electron chi connectivity index (χ3n) is 10.7. The Morgan fingerprint density at radius 1 is 0.175 bits per heavy atom. The second kappa shape index (κ2) is 24.5. The van der Waals surface area contributed by atoms with Crippen LogP contribution in [0.1, 0.15) is 0 Å². The van der Waals surface area contributed by atoms with E-state index in [0.717, 1.165) is 0 Å². The predicted octanol–water partition coefficient (Wildman–Crippen LogP) is 11.6. The molecular weight excluding hydrogens is 1160 g/mol. The van der Waals surface area contributed by atoms with Gasteiger partial charge in [-0.15, -0.1) is 0 Å². The van der Waals surface area contributed by atoms with E-state index in [1.807, 2.05) is 0 Å². The van der Waals surface area contributed by atoms with E-state index >= 15 is 0 Å². The molecule has 0 unspecified atom stereocenters. The zero-order valence-electron chi connectivity index (χ0n) is 34.1. The summed E-state index contributed by atoms with van der Waals surface area (Å²) in [6.45, 7) is 0. The zero-order valence-corrected chi connectivity index (χ0v) is 44.3. The molecule has 0 saturated heterocycles. The summed E-state index contributed by atoms with van der Waals surface area (Å²) in [7, 11) is 20.0. The van der Waals surface area contributed by atoms with Crippen LogP contribution in [-0.4, -0.2) is 0 Å². The second-order valence-corrected chi connectivity index (χ2v) is 44.2. The number of hydrogen-bond acceptors (Lipinski definition) is 0. The SMILES string of the molecule is [Cl][Rh][PH](c1ccccc1)(c1ccccc1)c1ccccc1.[Cl][Rh][PH](c1ccccc1)(c1ccccc1)c1ccccc1.[Cl][Rh][PH](c1ccccc1)(c1ccccc1)c1ccccc1. The van der Waals surface area contributed by atoms with Crippen molar-refractivity contribution in [2.75, 3.05) is 0 Å². The molecule has 0 aromatic heterocycles. The first-order valence-corrected chi connectivity index (χ1v) is 39.5. The Kier molecular flexibility index (Phi) is 18.7. The first-order chi connectivity index (χ1) is 31.1. The minimum atomic E-state index is -2.06. The molecule has 327 valence electrons. The monoisotopic (exact) mass is 1200 g/mol. The summed E-state index contributed by atoms with van der Waals surface area (Å²) in [5.74, 6) is 0. The summed E-state index contributed by atoms with van der Waals surface area (Å²) in [6, 6.07) is 97.0. The summed E-state index contributed by atoms with van der Waals surface area (Å²) >= 11 is -0.195. The summed E-state index contributed by atoms with van der Waals surface area (Å²) in [5.41, 5.74) is -6.19. The molecule has 0 spiro atoms. The fourth-order valence-electron chi connectivity index (χ4n) is 7.77. The van der Waals surface area contributed by atoms with E-state index in [4.69, 9.17) is 29.1 Å². The fourth-order valence-corrected chi connectivity index (χ4v) is 41.0. The Hall–Kier alpha value is -2.99. The Labute approximate surface area is 409 Å². The molecular formula is C54H48Cl3P3Rh3. The zero-order chi connectivity index (χ0) is 43.6. The van der Waals surface area contributed by atoms with Crippen molar-refractivity contribution in [2.24, 2.45) is 0 Å². The quantitative estimate of drug-likeness (QED) is 0.0845. The standard InChI is InChI=1S/3C18H15P.3ClH.3Rh/c3*1-4-10-16(11-5-1)19(17-12-6-2-7-13-17)18-14-8-3-9-15-18;;;;;;/h3*1-15H;3*1H;;;. The molecule has 0 heterocycles. The fraction of sp³-hybridized carbons (Fsp3) is 0. The van der Waals surface area contributed by atoms with Gasteiger partial charge < -0.3 is 0 Å². The van der Waals surface area contributed by atoms with Crippen molar-refractivity contribution in [3.05, 3.63) is 273 Å². The van der Waals surface area contributed by atoms with Crippen LogP contribution in [0.3, 0.4) is 0 Å². The molecule has 0 saturated carbocycles. The van der Waals surface area contributed by atoms with Crippen molar-refractivity contribution in [3.63, 3.8) is 0 Å². The van der Waals surface area contributed by atoms with E-state index in [1.54, 1.807) is 0 Å². The summed E-state index contributed by atoms with van der Waals surface area (Å²) in [6.07, 6.45) is 0. The number of rotatable bonds is 12. The van der Waals surface area contributed by atoms with Crippen molar-refractivity contribution in [3.8, 4) is 0 Å². The predicted molar refractivity (Wildman–Crippen MR) is 277 cm³/mol. The summed E-state index contributed by atoms with van der Waals surface area (Å²) in [5, 5.41) is 12.5. The van der Waals surface area contributed by atoms with Crippen molar-refractivity contribution in [2.45, 2.75) is 0 Å². The average Bonchev–Trinajstić information content (AvgIpc) is 3.39. The molecule has 0 radical (unpaired) electrons. The topological polar surface area (TPSA) is 0 Å². The van der Waals surface area contributed by atoms with Gasteiger partial charge in [-0.05, 0) is 0 Å². The maximum absolute atomic E-state index is 6.66. The van der Waals surface area contributed by atoms with Crippen LogP contribution >= 0.6 is 45.9 Å². The molecule has 0 N–H and O–H groups in total. The van der Waals surface area contributed by atoms with Crippen molar-refractivity contribution < 1.29 is 47.0 Å². The van der Waals surface area contributed by atoms with Crippen molar-refractivity contribution in [1.29, 1.82) is 0 Å². The van der Waals surface area contributed by atoms with Crippen LogP contribution in [0, 0.1) is 0 Å². The maximum atomic E-state index is 6.66. The number of benzene rings is 9. The van der Waals surface area contributed by atoms with Crippen LogP contribution < -0.4 is 47.7 Å². The van der Waals surface area contributed by atoms with E-state index in [9.17, 15) is 0 Å². The van der Waals surface area contributed by atoms with Crippen LogP contribution in [0.4, 0.5) is 0 Å². The molecule has 0 aliphatic carbocycles. The molecule has 63 heavy (non-hydrogen) atoms. The van der Waals surface area contributed by atoms with Gasteiger partial charge in [0.25, 0.3) is 0 Å². The van der Waals surface area contributed by atoms with Crippen molar-refractivity contribution in [1.82, 2.24) is 0 Å². The third kappa shape index (κ3) is 11.0. The van der Waals surface area contributed by atoms with Crippen LogP contribution in [0.5, 0.6) is 0 Å². The Balaban J connectivity index is 0.000000142. The summed E-state index contributed by atoms with van der Waals surface area (Å²) < 4.78 is 0. The second-order valence-electron chi connectivity index (χ2n) is 14.4. The van der Waals surface area contributed by atoms with Gasteiger partial charge in [0.05, 0.1) is 0 Å². The Morgan fingerprint density at radius 2 is 0.270 bits per heavy atom. The van der Waals surface area contributed by atoms with Crippen molar-refractivity contribution >= 4 is 93.6 Å². The van der Waals surface area contributed by atoms with Gasteiger partial charge in [0, 0.05) is 0 Å². The van der Waals surface area contributed by atoms with Crippen LogP contribution in [-0.2, 0) is 47.0 Å². The molecule has 0 aliphatic rings. The molecule has 0 fully saturated rings. The Bertz CT molecular complexity index is 2070. The van der Waals surface area contributed by atoms with Gasteiger partial charge in [-0.1, -0.05) is 0 Å². The van der Waals surface area contributed by atoms with Gasteiger partial charge in [0.15, 0.2) is 0 Å². The van der Waals surface area contributed by atoms with E-state index in [2.05, 4.69) is 273 Å². The van der Waals surface area contributed by atoms with Gasteiger partial charge >= 0.3 is 414 Å². The van der Waals surface area contributed by atoms with E-state index in [-0.39, 0.29) is 47.0 Å². The molecule has 0 amide bonds. The van der Waals surface area contributed by atoms with Gasteiger partial charge in [0.2, 0.25) is 0 Å². The minimum absolute atomic E-state index is 0.0650. The van der Waals surface area contributed by atoms with E-state index < -0.39 is 16.8 Å². The molecule has 0 aliphatic heterocycles. The molecule has 9 aromatic carbocycles. The van der Waals surface area contributed by atoms with Crippen LogP contribution in [0.2, 0.25) is 0 Å². The van der Waals surface area contributed by atoms with Gasteiger partial charge in [-0.2, -0.15) is 0 Å². The van der Waals surface area contributed by atoms with Gasteiger partial charge in [0.1, 0.15) is 0 Å². The third-order valence-corrected chi connectivity index (χ3v) is 48.2. The molecule has 9 heteroatoms. The number of hydrogen-bond donors (Lipinski definition) is 0. The average molecular weight is 1200 g/mol. The van der Waals surface area contributed by atoms with Gasteiger partial charge in [-0.25, -0.2) is 0 Å². The molecule has 9 rings (SSSR count). The molecule has 0 atom stereocenters. The molecule has 0 nitrogen and oxygen atoms in total. The first kappa shape index (κ1) is 48.0. The summed E-state index contributed by atoms with van der Waals surface area (Å²) in [4.78, 5) is 0. The first-order valence-electron chi connectivity index (χ1n) is 20.3. The van der Waals surface area contributed by atoms with Gasteiger partial charge in [-0.3, -0.25) is 0 Å². The van der Waals surface area contributed by atoms with E-state index in [0.29, 0.717) is 0 Å².